The number of hydrogen-bond donors (Lipinski definition) is 2. The van der Waals surface area contributed by atoms with Crippen LogP contribution in [0.3, 0.4) is 0 Å². The molecule has 0 amide bonds. The van der Waals surface area contributed by atoms with Crippen LogP contribution in [0, 0.1) is 11.3 Å². The summed E-state index contributed by atoms with van der Waals surface area (Å²) in [6.07, 6.45) is 3.90. The molecule has 112 valence electrons. The Balaban J connectivity index is 1.93. The zero-order valence-electron chi connectivity index (χ0n) is 12.1. The summed E-state index contributed by atoms with van der Waals surface area (Å²) >= 11 is 0. The number of aromatic nitrogens is 2. The second-order valence-electron chi connectivity index (χ2n) is 6.68. The lowest BCUT2D eigenvalue weighted by molar-refractivity contribution is 0.0902. The van der Waals surface area contributed by atoms with Gasteiger partial charge in [-0.2, -0.15) is 0 Å². The van der Waals surface area contributed by atoms with E-state index in [0.29, 0.717) is 23.3 Å². The van der Waals surface area contributed by atoms with E-state index in [9.17, 15) is 14.4 Å². The molecule has 1 saturated carbocycles. The van der Waals surface area contributed by atoms with Crippen LogP contribution in [0.2, 0.25) is 0 Å². The van der Waals surface area contributed by atoms with Crippen LogP contribution in [0.25, 0.3) is 11.1 Å². The van der Waals surface area contributed by atoms with Gasteiger partial charge in [0.05, 0.1) is 0 Å². The van der Waals surface area contributed by atoms with E-state index in [1.54, 1.807) is 0 Å². The van der Waals surface area contributed by atoms with E-state index >= 15 is 0 Å². The predicted octanol–water partition coefficient (Wildman–Crippen LogP) is 1.54. The van der Waals surface area contributed by atoms with Crippen molar-refractivity contribution in [1.82, 2.24) is 9.97 Å². The Morgan fingerprint density at radius 3 is 2.62 bits per heavy atom. The molecule has 6 heteroatoms. The van der Waals surface area contributed by atoms with Crippen molar-refractivity contribution < 1.29 is 4.42 Å². The van der Waals surface area contributed by atoms with Crippen molar-refractivity contribution >= 4 is 11.1 Å². The molecule has 21 heavy (non-hydrogen) atoms. The molecule has 2 aromatic heterocycles. The minimum Gasteiger partial charge on any atom is -0.405 e. The molecule has 1 aliphatic rings. The quantitative estimate of drug-likeness (QED) is 0.896. The van der Waals surface area contributed by atoms with Crippen LogP contribution in [0.5, 0.6) is 0 Å². The summed E-state index contributed by atoms with van der Waals surface area (Å²) in [7, 11) is 0. The zero-order valence-corrected chi connectivity index (χ0v) is 12.1. The fourth-order valence-corrected chi connectivity index (χ4v) is 3.44. The molecule has 3 rings (SSSR count). The molecule has 2 heterocycles. The maximum Gasteiger partial charge on any atom is 0.337 e. The number of aryl methyl sites for hydroxylation is 1. The van der Waals surface area contributed by atoms with Gasteiger partial charge in [-0.25, -0.2) is 9.59 Å². The first-order valence-corrected chi connectivity index (χ1v) is 7.13. The Bertz CT molecular complexity index is 843. The van der Waals surface area contributed by atoms with Crippen molar-refractivity contribution in [3.8, 4) is 0 Å². The molecule has 1 aliphatic carbocycles. The first-order valence-electron chi connectivity index (χ1n) is 7.13. The standard InChI is InChI=1S/C15H18N2O4/c1-15(2)6-8(7-15)3-4-9-5-10(18)21-13-11(9)12(19)16-14(20)17-13/h5,8H,3-4,6-7H2,1-2H3,(H2,16,17,19,20). The molecule has 0 aliphatic heterocycles. The highest BCUT2D eigenvalue weighted by molar-refractivity contribution is 5.75. The fraction of sp³-hybridized carbons (Fsp3) is 0.533. The Morgan fingerprint density at radius 1 is 1.24 bits per heavy atom. The van der Waals surface area contributed by atoms with Gasteiger partial charge in [0, 0.05) is 6.07 Å². The highest BCUT2D eigenvalue weighted by Crippen LogP contribution is 2.46. The normalized spacial score (nSPS) is 17.8. The first kappa shape index (κ1) is 13.9. The summed E-state index contributed by atoms with van der Waals surface area (Å²) in [5.41, 5.74) is -0.725. The number of H-pyrrole nitrogens is 2. The molecule has 0 saturated heterocycles. The maximum absolute atomic E-state index is 11.9. The number of rotatable bonds is 3. The molecule has 0 aromatic carbocycles. The second kappa shape index (κ2) is 4.72. The van der Waals surface area contributed by atoms with Gasteiger partial charge in [0.1, 0.15) is 5.39 Å². The smallest absolute Gasteiger partial charge is 0.337 e. The van der Waals surface area contributed by atoms with Gasteiger partial charge in [-0.05, 0) is 42.6 Å². The van der Waals surface area contributed by atoms with Gasteiger partial charge in [0.2, 0.25) is 5.71 Å². The summed E-state index contributed by atoms with van der Waals surface area (Å²) in [4.78, 5) is 39.3. The van der Waals surface area contributed by atoms with E-state index in [1.807, 2.05) is 0 Å². The van der Waals surface area contributed by atoms with E-state index in [-0.39, 0.29) is 11.1 Å². The first-order chi connectivity index (χ1) is 9.84. The lowest BCUT2D eigenvalue weighted by Crippen LogP contribution is -2.32. The van der Waals surface area contributed by atoms with Crippen molar-refractivity contribution in [2.75, 3.05) is 0 Å². The lowest BCUT2D eigenvalue weighted by atomic mass is 9.63. The van der Waals surface area contributed by atoms with Crippen LogP contribution in [-0.4, -0.2) is 9.97 Å². The number of nitrogens with one attached hydrogen (secondary N) is 2. The van der Waals surface area contributed by atoms with Gasteiger partial charge >= 0.3 is 11.3 Å². The fourth-order valence-electron chi connectivity index (χ4n) is 3.44. The topological polar surface area (TPSA) is 95.9 Å². The SMILES string of the molecule is CC1(C)CC(CCc2cc(=O)oc3[nH]c(=O)[nH]c(=O)c23)C1. The van der Waals surface area contributed by atoms with E-state index in [4.69, 9.17) is 4.42 Å². The van der Waals surface area contributed by atoms with Crippen LogP contribution >= 0.6 is 0 Å². The van der Waals surface area contributed by atoms with Gasteiger partial charge in [0.15, 0.2) is 0 Å². The third-order valence-corrected chi connectivity index (χ3v) is 4.23. The Labute approximate surface area is 120 Å². The average molecular weight is 290 g/mol. The zero-order chi connectivity index (χ0) is 15.2. The van der Waals surface area contributed by atoms with Crippen molar-refractivity contribution in [3.05, 3.63) is 42.9 Å². The Morgan fingerprint density at radius 2 is 1.95 bits per heavy atom. The average Bonchev–Trinajstić information content (AvgIpc) is 2.31. The van der Waals surface area contributed by atoms with Crippen molar-refractivity contribution in [3.63, 3.8) is 0 Å². The molecular formula is C15H18N2O4. The summed E-state index contributed by atoms with van der Waals surface area (Å²) < 4.78 is 4.91. The van der Waals surface area contributed by atoms with Crippen LogP contribution in [0.1, 0.15) is 38.7 Å². The van der Waals surface area contributed by atoms with Crippen LogP contribution in [0.4, 0.5) is 0 Å². The second-order valence-corrected chi connectivity index (χ2v) is 6.68. The lowest BCUT2D eigenvalue weighted by Gasteiger charge is -2.42. The molecule has 0 radical (unpaired) electrons. The monoisotopic (exact) mass is 290 g/mol. The van der Waals surface area contributed by atoms with E-state index in [1.165, 1.54) is 18.9 Å². The van der Waals surface area contributed by atoms with Crippen LogP contribution < -0.4 is 16.9 Å². The van der Waals surface area contributed by atoms with E-state index < -0.39 is 16.9 Å². The van der Waals surface area contributed by atoms with Gasteiger partial charge in [-0.3, -0.25) is 14.8 Å². The highest BCUT2D eigenvalue weighted by atomic mass is 16.4. The Kier molecular flexibility index (Phi) is 3.11. The molecule has 6 nitrogen and oxygen atoms in total. The molecule has 0 unspecified atom stereocenters. The number of fused-ring (bicyclic) bond motifs is 1. The predicted molar refractivity (Wildman–Crippen MR) is 78.6 cm³/mol. The molecule has 0 atom stereocenters. The minimum absolute atomic E-state index is 0.0415. The number of aromatic amines is 2. The summed E-state index contributed by atoms with van der Waals surface area (Å²) in [6.45, 7) is 4.48. The third-order valence-electron chi connectivity index (χ3n) is 4.23. The van der Waals surface area contributed by atoms with Gasteiger partial charge in [-0.1, -0.05) is 13.8 Å². The van der Waals surface area contributed by atoms with Crippen LogP contribution in [-0.2, 0) is 6.42 Å². The summed E-state index contributed by atoms with van der Waals surface area (Å²) in [6, 6.07) is 1.35. The van der Waals surface area contributed by atoms with Crippen molar-refractivity contribution in [1.29, 1.82) is 0 Å². The molecule has 2 aromatic rings. The molecule has 0 bridgehead atoms. The molecule has 2 N–H and O–H groups in total. The molecule has 1 fully saturated rings. The molecular weight excluding hydrogens is 272 g/mol. The van der Waals surface area contributed by atoms with E-state index in [0.717, 1.165) is 6.42 Å². The number of hydrogen-bond acceptors (Lipinski definition) is 4. The van der Waals surface area contributed by atoms with Crippen molar-refractivity contribution in [2.24, 2.45) is 11.3 Å². The molecule has 0 spiro atoms. The summed E-state index contributed by atoms with van der Waals surface area (Å²) in [5.74, 6) is 0.629. The maximum atomic E-state index is 11.9. The highest BCUT2D eigenvalue weighted by Gasteiger charge is 2.35. The van der Waals surface area contributed by atoms with E-state index in [2.05, 4.69) is 23.8 Å². The van der Waals surface area contributed by atoms with Gasteiger partial charge in [0.25, 0.3) is 5.56 Å². The minimum atomic E-state index is -0.673. The Hall–Kier alpha value is -2.11. The van der Waals surface area contributed by atoms with Gasteiger partial charge in [-0.15, -0.1) is 0 Å². The van der Waals surface area contributed by atoms with Crippen LogP contribution in [0.15, 0.2) is 24.9 Å². The third kappa shape index (κ3) is 2.70. The van der Waals surface area contributed by atoms with Crippen molar-refractivity contribution in [2.45, 2.75) is 39.5 Å². The summed E-state index contributed by atoms with van der Waals surface area (Å²) in [5, 5.41) is 0.271. The van der Waals surface area contributed by atoms with Gasteiger partial charge < -0.3 is 4.42 Å². The largest absolute Gasteiger partial charge is 0.405 e.